The number of alkyl halides is 24. The van der Waals surface area contributed by atoms with Crippen LogP contribution >= 0.6 is 0 Å². The van der Waals surface area contributed by atoms with E-state index in [4.69, 9.17) is 0 Å². The molecular weight excluding hydrogens is 1080 g/mol. The zero-order valence-electron chi connectivity index (χ0n) is 36.7. The van der Waals surface area contributed by atoms with Gasteiger partial charge in [0, 0.05) is 24.6 Å². The van der Waals surface area contributed by atoms with Crippen LogP contribution in [0.3, 0.4) is 0 Å². The second kappa shape index (κ2) is 20.3. The predicted octanol–water partition coefficient (Wildman–Crippen LogP) is 13.3. The fourth-order valence-electron chi connectivity index (χ4n) is 7.87. The number of benzene rings is 5. The summed E-state index contributed by atoms with van der Waals surface area (Å²) in [4.78, 5) is 23.5. The Morgan fingerprint density at radius 1 is 0.360 bits per heavy atom. The average Bonchev–Trinajstić information content (AvgIpc) is 3.27. The van der Waals surface area contributed by atoms with Gasteiger partial charge in [-0.1, -0.05) is 78.9 Å². The van der Waals surface area contributed by atoms with Crippen LogP contribution in [0.15, 0.2) is 128 Å². The molecule has 5 aromatic carbocycles. The smallest absolute Gasteiger partial charge is 0.288 e. The Kier molecular flexibility index (Phi) is 15.9. The molecule has 0 fully saturated rings. The van der Waals surface area contributed by atoms with Crippen molar-refractivity contribution in [2.75, 3.05) is 0 Å². The first kappa shape index (κ1) is 58.9. The molecule has 0 unspecified atom stereocenters. The molecule has 0 aliphatic rings. The van der Waals surface area contributed by atoms with Crippen LogP contribution in [0.4, 0.5) is 105 Å². The van der Waals surface area contributed by atoms with Gasteiger partial charge in [-0.2, -0.15) is 132 Å². The molecule has 0 saturated carbocycles. The summed E-state index contributed by atoms with van der Waals surface area (Å²) in [7, 11) is 0. The Labute approximate surface area is 404 Å². The van der Waals surface area contributed by atoms with E-state index < -0.39 is 195 Å². The summed E-state index contributed by atoms with van der Waals surface area (Å²) in [6, 6.07) is 5.59. The van der Waals surface area contributed by atoms with E-state index in [9.17, 15) is 115 Å². The first-order valence-electron chi connectivity index (χ1n) is 20.4. The predicted molar refractivity (Wildman–Crippen MR) is 217 cm³/mol. The summed E-state index contributed by atoms with van der Waals surface area (Å²) >= 11 is 0. The molecule has 0 aliphatic carbocycles. The van der Waals surface area contributed by atoms with E-state index in [-0.39, 0.29) is 18.1 Å². The number of carbonyl (C=O) groups excluding carboxylic acids is 2. The fourth-order valence-corrected chi connectivity index (χ4v) is 7.87. The van der Waals surface area contributed by atoms with E-state index in [0.717, 1.165) is 0 Å². The first-order chi connectivity index (χ1) is 33.9. The fraction of sp³-hybridized carbons (Fsp3) is 0.213. The van der Waals surface area contributed by atoms with Crippen molar-refractivity contribution in [2.24, 2.45) is 0 Å². The number of pyridine rings is 1. The highest BCUT2D eigenvalue weighted by molar-refractivity contribution is 7.20. The van der Waals surface area contributed by atoms with Gasteiger partial charge in [0.05, 0.1) is 44.5 Å². The number of aromatic nitrogens is 1. The molecule has 1 heterocycles. The van der Waals surface area contributed by atoms with E-state index in [1.165, 1.54) is 6.92 Å². The summed E-state index contributed by atoms with van der Waals surface area (Å²) in [5, 5.41) is 0. The zero-order valence-corrected chi connectivity index (χ0v) is 36.7. The Hall–Kier alpha value is -7.03. The van der Waals surface area contributed by atoms with Crippen LogP contribution < -0.4 is 26.4 Å². The third-order valence-electron chi connectivity index (χ3n) is 11.2. The SMILES string of the molecule is CC(=O)c1cccc[n+]1CC(=O)c1ccccc1.FC(F)(F)c1cc([B-](c2cc(C(F)(F)F)cc(C(F)(F)F)c2)(c2cc(C(F)(F)F)cc(C(F)(F)F)c2)c2cc(C(F)(F)F)cc(C(F)(F)F)c2)cc(C(F)(F)F)c1. The molecule has 0 aliphatic heterocycles. The monoisotopic (exact) mass is 1100 g/mol. The number of carbonyl (C=O) groups is 2. The molecule has 3 nitrogen and oxygen atoms in total. The lowest BCUT2D eigenvalue weighted by molar-refractivity contribution is -0.685. The number of ketones is 2. The molecule has 1 aromatic heterocycles. The molecule has 402 valence electrons. The van der Waals surface area contributed by atoms with Crippen molar-refractivity contribution in [3.63, 3.8) is 0 Å². The molecule has 0 spiro atoms. The minimum atomic E-state index is -6.13. The molecular formula is C47H26BF24NO2. The van der Waals surface area contributed by atoms with Gasteiger partial charge in [-0.25, -0.2) is 0 Å². The maximum atomic E-state index is 14.2. The van der Waals surface area contributed by atoms with Crippen LogP contribution in [0.25, 0.3) is 0 Å². The van der Waals surface area contributed by atoms with Gasteiger partial charge in [0.15, 0.2) is 6.20 Å². The summed E-state index contributed by atoms with van der Waals surface area (Å²) in [5.74, 6) is -0.0502. The number of halogens is 24. The van der Waals surface area contributed by atoms with Crippen molar-refractivity contribution < 1.29 is 120 Å². The highest BCUT2D eigenvalue weighted by atomic mass is 19.4. The Bertz CT molecular complexity index is 2630. The van der Waals surface area contributed by atoms with Crippen LogP contribution in [0.2, 0.25) is 0 Å². The molecule has 0 bridgehead atoms. The van der Waals surface area contributed by atoms with Crippen molar-refractivity contribution in [3.8, 4) is 0 Å². The summed E-state index contributed by atoms with van der Waals surface area (Å²) < 4.78 is 342. The maximum absolute atomic E-state index is 14.2. The number of nitrogens with zero attached hydrogens (tertiary/aromatic N) is 1. The van der Waals surface area contributed by atoms with E-state index in [1.807, 2.05) is 24.3 Å². The van der Waals surface area contributed by atoms with Gasteiger partial charge in [-0.15, -0.1) is 0 Å². The Morgan fingerprint density at radius 2 is 0.600 bits per heavy atom. The maximum Gasteiger partial charge on any atom is 0.416 e. The van der Waals surface area contributed by atoms with E-state index >= 15 is 0 Å². The van der Waals surface area contributed by atoms with Crippen LogP contribution in [0.1, 0.15) is 72.3 Å². The summed E-state index contributed by atoms with van der Waals surface area (Å²) in [6.07, 6.45) is -53.1. The molecule has 0 amide bonds. The van der Waals surface area contributed by atoms with Crippen LogP contribution in [0, 0.1) is 0 Å². The van der Waals surface area contributed by atoms with Gasteiger partial charge in [-0.3, -0.25) is 9.59 Å². The number of rotatable bonds is 8. The Balaban J connectivity index is 0.000000483. The molecule has 6 rings (SSSR count). The molecule has 0 atom stereocenters. The van der Waals surface area contributed by atoms with Crippen molar-refractivity contribution in [2.45, 2.75) is 62.9 Å². The number of Topliss-reactive ketones (excluding diaryl/α,β-unsaturated/α-hetero) is 2. The van der Waals surface area contributed by atoms with Crippen molar-refractivity contribution in [1.82, 2.24) is 0 Å². The second-order valence-corrected chi connectivity index (χ2v) is 16.3. The van der Waals surface area contributed by atoms with Gasteiger partial charge in [0.25, 0.3) is 0 Å². The average molecular weight is 1100 g/mol. The van der Waals surface area contributed by atoms with Crippen molar-refractivity contribution in [1.29, 1.82) is 0 Å². The van der Waals surface area contributed by atoms with Gasteiger partial charge in [0.2, 0.25) is 23.8 Å². The number of hydrogen-bond acceptors (Lipinski definition) is 2. The minimum Gasteiger partial charge on any atom is -0.288 e. The zero-order chi connectivity index (χ0) is 56.9. The van der Waals surface area contributed by atoms with E-state index in [1.54, 1.807) is 35.0 Å². The van der Waals surface area contributed by atoms with Crippen LogP contribution in [-0.2, 0) is 56.0 Å². The van der Waals surface area contributed by atoms with Crippen LogP contribution in [0.5, 0.6) is 0 Å². The van der Waals surface area contributed by atoms with Gasteiger partial charge in [-0.05, 0) is 30.3 Å². The summed E-state index contributed by atoms with van der Waals surface area (Å²) in [5.41, 5.74) is -29.0. The molecule has 0 N–H and O–H groups in total. The Morgan fingerprint density at radius 3 is 0.827 bits per heavy atom. The van der Waals surface area contributed by atoms with Gasteiger partial charge >= 0.3 is 49.4 Å². The normalized spacial score (nSPS) is 13.3. The minimum absolute atomic E-state index is 0.00528. The van der Waals surface area contributed by atoms with Crippen molar-refractivity contribution in [3.05, 3.63) is 183 Å². The summed E-state index contributed by atoms with van der Waals surface area (Å²) in [6.45, 7) is 1.68. The van der Waals surface area contributed by atoms with Gasteiger partial charge < -0.3 is 0 Å². The van der Waals surface area contributed by atoms with Crippen molar-refractivity contribution >= 4 is 39.6 Å². The molecule has 6 aromatic rings. The third-order valence-corrected chi connectivity index (χ3v) is 11.2. The quantitative estimate of drug-likeness (QED) is 0.0659. The third kappa shape index (κ3) is 13.6. The van der Waals surface area contributed by atoms with Crippen LogP contribution in [-0.4, -0.2) is 17.7 Å². The highest BCUT2D eigenvalue weighted by Crippen LogP contribution is 2.41. The van der Waals surface area contributed by atoms with Gasteiger partial charge in [0.1, 0.15) is 6.15 Å². The van der Waals surface area contributed by atoms with E-state index in [0.29, 0.717) is 11.3 Å². The van der Waals surface area contributed by atoms with E-state index in [2.05, 4.69) is 0 Å². The second-order valence-electron chi connectivity index (χ2n) is 16.3. The largest absolute Gasteiger partial charge is 0.416 e. The topological polar surface area (TPSA) is 38.0 Å². The molecule has 28 heteroatoms. The molecule has 75 heavy (non-hydrogen) atoms. The lowest BCUT2D eigenvalue weighted by Gasteiger charge is -2.46. The lowest BCUT2D eigenvalue weighted by atomic mass is 9.12. The lowest BCUT2D eigenvalue weighted by Crippen LogP contribution is -2.75. The standard InChI is InChI=1S/C32H12BF24.C15H14NO2/c34-25(35,36)13-1-14(26(37,38)39)6-21(5-13)33(22-7-15(27(40,41)42)2-16(8-22)28(43,44)45,23-9-17(29(46,47)48)3-18(10-23)30(49,50)51)24-11-19(31(52,53)54)4-20(12-24)32(55,56)57;1-12(17)14-9-5-6-10-16(14)11-15(18)13-7-3-2-4-8-13/h1-12H;2-10H,11H2,1H3/q-1;+1. The molecule has 0 saturated heterocycles. The molecule has 0 radical (unpaired) electrons. The number of hydrogen-bond donors (Lipinski definition) is 0. The highest BCUT2D eigenvalue weighted by Gasteiger charge is 2.47. The first-order valence-corrected chi connectivity index (χ1v) is 20.4.